The molecule has 5 rings (SSSR count). The molecule has 3 saturated heterocycles. The molecular weight excluding hydrogens is 477 g/mol. The summed E-state index contributed by atoms with van der Waals surface area (Å²) in [5.74, 6) is 0.541. The molecule has 5 heterocycles. The number of carbonyl (C=O) groups excluding carboxylic acids is 2. The number of halogens is 1. The number of likely N-dealkylation sites (N-methyl/N-ethyl adjacent to an activating group) is 1. The molecule has 1 aromatic heterocycles. The molecule has 0 spiro atoms. The molecule has 5 N–H and O–H groups in total. The second-order valence-electron chi connectivity index (χ2n) is 11.4. The minimum atomic E-state index is -1.07. The third-order valence-corrected chi connectivity index (χ3v) is 8.94. The predicted molar refractivity (Wildman–Crippen MR) is 140 cm³/mol. The van der Waals surface area contributed by atoms with Crippen molar-refractivity contribution in [1.82, 2.24) is 35.1 Å². The van der Waals surface area contributed by atoms with Gasteiger partial charge in [0.1, 0.15) is 17.6 Å². The summed E-state index contributed by atoms with van der Waals surface area (Å²) in [4.78, 5) is 33.2. The van der Waals surface area contributed by atoms with Crippen LogP contribution in [0.2, 0.25) is 0 Å². The molecule has 1 aromatic rings. The van der Waals surface area contributed by atoms with Crippen molar-refractivity contribution >= 4 is 23.5 Å². The van der Waals surface area contributed by atoms with Gasteiger partial charge in [0.25, 0.3) is 5.91 Å². The van der Waals surface area contributed by atoms with E-state index in [1.165, 1.54) is 4.68 Å². The molecule has 4 aliphatic rings. The van der Waals surface area contributed by atoms with Crippen molar-refractivity contribution in [3.8, 4) is 0 Å². The number of hydrogen-bond donors (Lipinski definition) is 4. The average molecular weight is 520 g/mol. The molecule has 3 fully saturated rings. The first kappa shape index (κ1) is 26.2. The summed E-state index contributed by atoms with van der Waals surface area (Å²) in [5.41, 5.74) is 6.35. The normalized spacial score (nSPS) is 33.1. The first-order chi connectivity index (χ1) is 17.7. The number of carbonyl (C=O) groups is 2. The van der Waals surface area contributed by atoms with Gasteiger partial charge in [0, 0.05) is 50.8 Å². The highest BCUT2D eigenvalue weighted by molar-refractivity contribution is 6.03. The third-order valence-electron chi connectivity index (χ3n) is 8.94. The Bertz CT molecular complexity index is 1010. The van der Waals surface area contributed by atoms with Crippen molar-refractivity contribution in [1.29, 1.82) is 0 Å². The van der Waals surface area contributed by atoms with Gasteiger partial charge in [0.15, 0.2) is 5.82 Å². The number of alkyl halides is 1. The zero-order valence-corrected chi connectivity index (χ0v) is 22.3. The minimum absolute atomic E-state index is 0.00884. The Morgan fingerprint density at radius 3 is 2.65 bits per heavy atom. The van der Waals surface area contributed by atoms with Crippen molar-refractivity contribution < 1.29 is 14.0 Å². The maximum Gasteiger partial charge on any atom is 0.259 e. The van der Waals surface area contributed by atoms with Crippen molar-refractivity contribution in [2.24, 2.45) is 0 Å². The zero-order chi connectivity index (χ0) is 26.3. The molecule has 4 aliphatic heterocycles. The first-order valence-corrected chi connectivity index (χ1v) is 13.7. The molecule has 4 unspecified atom stereocenters. The first-order valence-electron chi connectivity index (χ1n) is 13.7. The third kappa shape index (κ3) is 5.15. The van der Waals surface area contributed by atoms with E-state index in [1.807, 2.05) is 11.9 Å². The van der Waals surface area contributed by atoms with Crippen molar-refractivity contribution in [2.75, 3.05) is 63.9 Å². The van der Waals surface area contributed by atoms with Crippen LogP contribution >= 0.6 is 0 Å². The molecule has 5 atom stereocenters. The topological polar surface area (TPSA) is 124 Å². The summed E-state index contributed by atoms with van der Waals surface area (Å²) in [5, 5.41) is 14.0. The number of nitrogens with two attached hydrogens (primary N) is 1. The molecule has 0 aromatic carbocycles. The number of rotatable bonds is 5. The summed E-state index contributed by atoms with van der Waals surface area (Å²) < 4.78 is 15.3. The minimum Gasteiger partial charge on any atom is -0.381 e. The van der Waals surface area contributed by atoms with E-state index < -0.39 is 6.17 Å². The second-order valence-corrected chi connectivity index (χ2v) is 11.4. The summed E-state index contributed by atoms with van der Waals surface area (Å²) in [6.45, 7) is 9.22. The summed E-state index contributed by atoms with van der Waals surface area (Å²) in [6.07, 6.45) is 2.82. The monoisotopic (exact) mass is 519 g/mol. The van der Waals surface area contributed by atoms with Gasteiger partial charge in [-0.2, -0.15) is 5.10 Å². The smallest absolute Gasteiger partial charge is 0.259 e. The number of aromatic nitrogens is 2. The van der Waals surface area contributed by atoms with Crippen LogP contribution < -0.4 is 21.7 Å². The van der Waals surface area contributed by atoms with Crippen LogP contribution in [0.5, 0.6) is 0 Å². The number of likely N-dealkylation sites (tertiary alicyclic amines) is 1. The van der Waals surface area contributed by atoms with Gasteiger partial charge in [-0.25, -0.2) is 9.07 Å². The number of hydrogen-bond acceptors (Lipinski definition) is 8. The Morgan fingerprint density at radius 1 is 1.22 bits per heavy atom. The van der Waals surface area contributed by atoms with E-state index in [4.69, 9.17) is 5.73 Å². The molecule has 12 heteroatoms. The Hall–Kier alpha value is -2.44. The molecule has 0 radical (unpaired) electrons. The van der Waals surface area contributed by atoms with Crippen molar-refractivity contribution in [3.63, 3.8) is 0 Å². The largest absolute Gasteiger partial charge is 0.381 e. The summed E-state index contributed by atoms with van der Waals surface area (Å²) in [6, 6.07) is -0.00489. The summed E-state index contributed by atoms with van der Waals surface area (Å²) >= 11 is 0. The molecule has 2 amide bonds. The quantitative estimate of drug-likeness (QED) is 0.432. The van der Waals surface area contributed by atoms with Crippen LogP contribution in [0.25, 0.3) is 0 Å². The van der Waals surface area contributed by atoms with Gasteiger partial charge >= 0.3 is 0 Å². The van der Waals surface area contributed by atoms with Crippen LogP contribution in [0, 0.1) is 0 Å². The zero-order valence-electron chi connectivity index (χ0n) is 22.3. The molecule has 0 saturated carbocycles. The van der Waals surface area contributed by atoms with Crippen molar-refractivity contribution in [2.45, 2.75) is 75.9 Å². The van der Waals surface area contributed by atoms with Gasteiger partial charge in [0.2, 0.25) is 5.91 Å². The number of nitrogens with zero attached hydrogens (tertiary/aromatic N) is 5. The lowest BCUT2D eigenvalue weighted by molar-refractivity contribution is -0.138. The lowest BCUT2D eigenvalue weighted by Gasteiger charge is -2.50. The lowest BCUT2D eigenvalue weighted by atomic mass is 9.82. The van der Waals surface area contributed by atoms with Crippen LogP contribution in [0.1, 0.15) is 49.9 Å². The standard InChI is InChI=1S/C25H42FN9O2/c1-4-25(2)12-19(33-8-10-34(11-9-33)24(37)18-6-5-7-32(18)3)17(14-29-25)30-23(36)20-21(27)31-35-15-16(26)13-28-22(20)35/h16-19,28-29H,4-15H2,1-3H3,(H2,27,31)(H,30,36)/t16?,17?,18-,19?,25?/m0/s1. The number of piperazine rings is 1. The highest BCUT2D eigenvalue weighted by atomic mass is 19.1. The molecule has 206 valence electrons. The van der Waals surface area contributed by atoms with Gasteiger partial charge in [-0.3, -0.25) is 19.4 Å². The van der Waals surface area contributed by atoms with Crippen molar-refractivity contribution in [3.05, 3.63) is 5.56 Å². The number of amides is 2. The van der Waals surface area contributed by atoms with Gasteiger partial charge < -0.3 is 26.6 Å². The van der Waals surface area contributed by atoms with E-state index in [0.29, 0.717) is 25.5 Å². The fourth-order valence-corrected chi connectivity index (χ4v) is 6.39. The highest BCUT2D eigenvalue weighted by Crippen LogP contribution is 2.30. The average Bonchev–Trinajstić information content (AvgIpc) is 3.46. The number of nitrogen functional groups attached to an aromatic ring is 1. The molecule has 0 bridgehead atoms. The molecular formula is C25H42FN9O2. The number of nitrogens with one attached hydrogen (secondary N) is 3. The molecule has 37 heavy (non-hydrogen) atoms. The fourth-order valence-electron chi connectivity index (χ4n) is 6.39. The van der Waals surface area contributed by atoms with E-state index in [9.17, 15) is 14.0 Å². The van der Waals surface area contributed by atoms with Crippen LogP contribution in [-0.2, 0) is 11.3 Å². The molecule has 11 nitrogen and oxygen atoms in total. The maximum atomic E-state index is 13.8. The lowest BCUT2D eigenvalue weighted by Crippen LogP contribution is -2.68. The van der Waals surface area contributed by atoms with E-state index in [2.05, 4.69) is 44.7 Å². The number of anilines is 2. The van der Waals surface area contributed by atoms with E-state index >= 15 is 0 Å². The van der Waals surface area contributed by atoms with Crippen LogP contribution in [-0.4, -0.2) is 119 Å². The second kappa shape index (κ2) is 10.4. The van der Waals surface area contributed by atoms with E-state index in [-0.39, 0.29) is 59.9 Å². The number of fused-ring (bicyclic) bond motifs is 1. The Morgan fingerprint density at radius 2 is 1.97 bits per heavy atom. The van der Waals surface area contributed by atoms with E-state index in [1.54, 1.807) is 0 Å². The number of piperidine rings is 1. The van der Waals surface area contributed by atoms with Crippen LogP contribution in [0.4, 0.5) is 16.0 Å². The van der Waals surface area contributed by atoms with Gasteiger partial charge in [0.05, 0.1) is 18.6 Å². The van der Waals surface area contributed by atoms with Gasteiger partial charge in [-0.15, -0.1) is 0 Å². The Balaban J connectivity index is 1.28. The van der Waals surface area contributed by atoms with Crippen LogP contribution in [0.15, 0.2) is 0 Å². The van der Waals surface area contributed by atoms with Crippen LogP contribution in [0.3, 0.4) is 0 Å². The predicted octanol–water partition coefficient (Wildman–Crippen LogP) is 0.0963. The highest BCUT2D eigenvalue weighted by Gasteiger charge is 2.42. The Kier molecular flexibility index (Phi) is 7.34. The van der Waals surface area contributed by atoms with Gasteiger partial charge in [-0.1, -0.05) is 6.92 Å². The van der Waals surface area contributed by atoms with E-state index in [0.717, 1.165) is 45.3 Å². The molecule has 0 aliphatic carbocycles. The fraction of sp³-hybridized carbons (Fsp3) is 0.800. The Labute approximate surface area is 218 Å². The SMILES string of the molecule is CCC1(C)CC(N2CCN(C(=O)[C@@H]3CCCN3C)CC2)C(NC(=O)c2c(N)nn3c2NCC(F)C3)CN1. The van der Waals surface area contributed by atoms with Gasteiger partial charge in [-0.05, 0) is 46.2 Å². The summed E-state index contributed by atoms with van der Waals surface area (Å²) in [7, 11) is 2.04. The maximum absolute atomic E-state index is 13.8.